The number of halogens is 1. The van der Waals surface area contributed by atoms with Crippen molar-refractivity contribution in [1.82, 2.24) is 4.90 Å². The molecule has 2 heterocycles. The Morgan fingerprint density at radius 2 is 2.24 bits per heavy atom. The number of hydrogen-bond acceptors (Lipinski definition) is 2. The first-order chi connectivity index (χ1) is 8.24. The van der Waals surface area contributed by atoms with Gasteiger partial charge in [-0.3, -0.25) is 0 Å². The van der Waals surface area contributed by atoms with E-state index in [1.54, 1.807) is 0 Å². The zero-order chi connectivity index (χ0) is 11.6. The van der Waals surface area contributed by atoms with Crippen molar-refractivity contribution < 1.29 is 0 Å². The van der Waals surface area contributed by atoms with Crippen molar-refractivity contribution in [3.05, 3.63) is 47.5 Å². The summed E-state index contributed by atoms with van der Waals surface area (Å²) >= 11 is 6.02. The standard InChI is InChI=1S/C14H11ClN2/c1-8-12-5-3-10(15)7-13(12)16-14-9-2-4-11(6-9)17(8)14/h2-5,7,9,11H,1,6H2. The molecule has 84 valence electrons. The highest BCUT2D eigenvalue weighted by Gasteiger charge is 2.42. The second kappa shape index (κ2) is 3.02. The Kier molecular flexibility index (Phi) is 1.68. The quantitative estimate of drug-likeness (QED) is 0.635. The highest BCUT2D eigenvalue weighted by Crippen LogP contribution is 2.45. The van der Waals surface area contributed by atoms with Crippen LogP contribution in [0.4, 0.5) is 5.69 Å². The molecule has 2 nitrogen and oxygen atoms in total. The van der Waals surface area contributed by atoms with Crippen LogP contribution in [0.25, 0.3) is 5.70 Å². The van der Waals surface area contributed by atoms with Crippen LogP contribution < -0.4 is 0 Å². The number of amidine groups is 1. The number of aliphatic imine (C=N–C) groups is 1. The largest absolute Gasteiger partial charge is 0.322 e. The molecular weight excluding hydrogens is 232 g/mol. The lowest BCUT2D eigenvalue weighted by atomic mass is 10.0. The third-order valence-electron chi connectivity index (χ3n) is 3.77. The molecule has 0 N–H and O–H groups in total. The molecule has 4 rings (SSSR count). The average molecular weight is 243 g/mol. The van der Waals surface area contributed by atoms with Crippen LogP contribution in [-0.2, 0) is 0 Å². The molecule has 1 fully saturated rings. The van der Waals surface area contributed by atoms with Gasteiger partial charge in [0.05, 0.1) is 11.7 Å². The fourth-order valence-electron chi connectivity index (χ4n) is 2.98. The molecule has 0 radical (unpaired) electrons. The Hall–Kier alpha value is -1.54. The van der Waals surface area contributed by atoms with Crippen molar-refractivity contribution in [3.63, 3.8) is 0 Å². The first kappa shape index (κ1) is 9.49. The first-order valence-electron chi connectivity index (χ1n) is 5.79. The molecule has 0 spiro atoms. The summed E-state index contributed by atoms with van der Waals surface area (Å²) in [4.78, 5) is 7.01. The van der Waals surface area contributed by atoms with Crippen LogP contribution in [0.1, 0.15) is 12.0 Å². The van der Waals surface area contributed by atoms with Crippen LogP contribution in [0.5, 0.6) is 0 Å². The smallest absolute Gasteiger partial charge is 0.117 e. The third-order valence-corrected chi connectivity index (χ3v) is 4.00. The monoisotopic (exact) mass is 242 g/mol. The maximum Gasteiger partial charge on any atom is 0.117 e. The summed E-state index contributed by atoms with van der Waals surface area (Å²) in [5, 5.41) is 0.730. The lowest BCUT2D eigenvalue weighted by Crippen LogP contribution is -2.34. The van der Waals surface area contributed by atoms with E-state index in [1.165, 1.54) is 0 Å². The molecule has 2 aliphatic heterocycles. The van der Waals surface area contributed by atoms with E-state index in [4.69, 9.17) is 16.6 Å². The molecule has 2 bridgehead atoms. The molecular formula is C14H11ClN2. The molecule has 3 heteroatoms. The first-order valence-corrected chi connectivity index (χ1v) is 6.17. The van der Waals surface area contributed by atoms with Gasteiger partial charge < -0.3 is 4.90 Å². The van der Waals surface area contributed by atoms with Crippen molar-refractivity contribution in [2.45, 2.75) is 12.5 Å². The lowest BCUT2D eigenvalue weighted by molar-refractivity contribution is 0.529. The second-order valence-electron chi connectivity index (χ2n) is 4.74. The topological polar surface area (TPSA) is 15.6 Å². The summed E-state index contributed by atoms with van der Waals surface area (Å²) < 4.78 is 0. The van der Waals surface area contributed by atoms with Gasteiger partial charge >= 0.3 is 0 Å². The molecule has 1 aliphatic carbocycles. The highest BCUT2D eigenvalue weighted by atomic mass is 35.5. The number of nitrogens with zero attached hydrogens (tertiary/aromatic N) is 2. The maximum absolute atomic E-state index is 6.02. The average Bonchev–Trinajstić information content (AvgIpc) is 2.89. The van der Waals surface area contributed by atoms with Crippen LogP contribution in [0.3, 0.4) is 0 Å². The van der Waals surface area contributed by atoms with Gasteiger partial charge in [0.25, 0.3) is 0 Å². The van der Waals surface area contributed by atoms with E-state index in [0.29, 0.717) is 12.0 Å². The van der Waals surface area contributed by atoms with E-state index in [0.717, 1.165) is 34.2 Å². The maximum atomic E-state index is 6.02. The zero-order valence-electron chi connectivity index (χ0n) is 9.23. The third kappa shape index (κ3) is 1.14. The molecule has 3 aliphatic rings. The Bertz CT molecular complexity index is 600. The van der Waals surface area contributed by atoms with Gasteiger partial charge in [-0.25, -0.2) is 4.99 Å². The number of benzene rings is 1. The fraction of sp³-hybridized carbons (Fsp3) is 0.214. The molecule has 1 saturated heterocycles. The Morgan fingerprint density at radius 3 is 3.12 bits per heavy atom. The summed E-state index contributed by atoms with van der Waals surface area (Å²) in [6.45, 7) is 4.21. The van der Waals surface area contributed by atoms with Gasteiger partial charge in [-0.15, -0.1) is 0 Å². The molecule has 2 atom stereocenters. The van der Waals surface area contributed by atoms with Gasteiger partial charge in [-0.2, -0.15) is 0 Å². The van der Waals surface area contributed by atoms with Crippen LogP contribution in [0.2, 0.25) is 5.02 Å². The van der Waals surface area contributed by atoms with Crippen molar-refractivity contribution in [1.29, 1.82) is 0 Å². The van der Waals surface area contributed by atoms with Gasteiger partial charge in [0.15, 0.2) is 0 Å². The minimum atomic E-state index is 0.454. The van der Waals surface area contributed by atoms with Crippen molar-refractivity contribution in [2.75, 3.05) is 0 Å². The normalized spacial score (nSPS) is 28.2. The van der Waals surface area contributed by atoms with Gasteiger partial charge in [-0.1, -0.05) is 30.3 Å². The van der Waals surface area contributed by atoms with Crippen molar-refractivity contribution in [2.24, 2.45) is 10.9 Å². The Labute approximate surface area is 105 Å². The molecule has 17 heavy (non-hydrogen) atoms. The summed E-state index contributed by atoms with van der Waals surface area (Å²) in [6.07, 6.45) is 5.65. The molecule has 0 saturated carbocycles. The van der Waals surface area contributed by atoms with Gasteiger partial charge in [-0.05, 0) is 24.6 Å². The van der Waals surface area contributed by atoms with Crippen LogP contribution in [0, 0.1) is 5.92 Å². The summed E-state index contributed by atoms with van der Waals surface area (Å²) in [7, 11) is 0. The van der Waals surface area contributed by atoms with Gasteiger partial charge in [0, 0.05) is 22.2 Å². The highest BCUT2D eigenvalue weighted by molar-refractivity contribution is 6.31. The summed E-state index contributed by atoms with van der Waals surface area (Å²) in [6, 6.07) is 6.28. The lowest BCUT2D eigenvalue weighted by Gasteiger charge is -2.33. The predicted molar refractivity (Wildman–Crippen MR) is 70.5 cm³/mol. The van der Waals surface area contributed by atoms with Crippen LogP contribution in [0.15, 0.2) is 41.9 Å². The number of rotatable bonds is 0. The van der Waals surface area contributed by atoms with Crippen LogP contribution >= 0.6 is 11.6 Å². The molecule has 0 amide bonds. The van der Waals surface area contributed by atoms with Crippen LogP contribution in [-0.4, -0.2) is 16.8 Å². The van der Waals surface area contributed by atoms with E-state index in [1.807, 2.05) is 18.2 Å². The van der Waals surface area contributed by atoms with Gasteiger partial charge in [0.1, 0.15) is 5.84 Å². The van der Waals surface area contributed by atoms with E-state index in [-0.39, 0.29) is 0 Å². The Balaban J connectivity index is 1.95. The molecule has 1 aromatic rings. The Morgan fingerprint density at radius 1 is 1.35 bits per heavy atom. The molecule has 2 unspecified atom stereocenters. The summed E-state index contributed by atoms with van der Waals surface area (Å²) in [5.74, 6) is 1.60. The van der Waals surface area contributed by atoms with Crippen molar-refractivity contribution in [3.8, 4) is 0 Å². The molecule has 1 aromatic carbocycles. The number of hydrogen-bond donors (Lipinski definition) is 0. The SMILES string of the molecule is C=C1c2ccc(Cl)cc2N=C2C3C=CC(C3)N12. The molecule has 0 aromatic heterocycles. The van der Waals surface area contributed by atoms with Crippen molar-refractivity contribution >= 4 is 28.8 Å². The van der Waals surface area contributed by atoms with E-state index in [9.17, 15) is 0 Å². The minimum absolute atomic E-state index is 0.454. The van der Waals surface area contributed by atoms with E-state index in [2.05, 4.69) is 23.6 Å². The minimum Gasteiger partial charge on any atom is -0.322 e. The van der Waals surface area contributed by atoms with Gasteiger partial charge in [0.2, 0.25) is 0 Å². The summed E-state index contributed by atoms with van der Waals surface area (Å²) in [5.41, 5.74) is 3.10. The number of fused-ring (bicyclic) bond motifs is 6. The van der Waals surface area contributed by atoms with E-state index >= 15 is 0 Å². The van der Waals surface area contributed by atoms with E-state index < -0.39 is 0 Å². The zero-order valence-corrected chi connectivity index (χ0v) is 9.98. The fourth-order valence-corrected chi connectivity index (χ4v) is 3.15. The predicted octanol–water partition coefficient (Wildman–Crippen LogP) is 3.61. The second-order valence-corrected chi connectivity index (χ2v) is 5.18.